The molecule has 1 fully saturated rings. The summed E-state index contributed by atoms with van der Waals surface area (Å²) in [6.07, 6.45) is 2.09. The third-order valence-corrected chi connectivity index (χ3v) is 5.69. The van der Waals surface area contributed by atoms with E-state index >= 15 is 0 Å². The number of aromatic nitrogens is 1. The van der Waals surface area contributed by atoms with E-state index in [1.807, 2.05) is 0 Å². The lowest BCUT2D eigenvalue weighted by Gasteiger charge is -2.13. The second kappa shape index (κ2) is 7.10. The van der Waals surface area contributed by atoms with Crippen LogP contribution >= 0.6 is 0 Å². The van der Waals surface area contributed by atoms with Gasteiger partial charge in [-0.3, -0.25) is 9.78 Å². The summed E-state index contributed by atoms with van der Waals surface area (Å²) < 4.78 is 28.2. The summed E-state index contributed by atoms with van der Waals surface area (Å²) in [5.74, 6) is 0.596. The molecular weight excluding hydrogens is 342 g/mol. The number of anilines is 2. The molecule has 1 saturated heterocycles. The summed E-state index contributed by atoms with van der Waals surface area (Å²) in [7, 11) is -1.40. The average molecular weight is 361 g/mol. The Labute approximate surface area is 146 Å². The van der Waals surface area contributed by atoms with Gasteiger partial charge in [-0.05, 0) is 30.7 Å². The van der Waals surface area contributed by atoms with Crippen LogP contribution in [-0.4, -0.2) is 44.0 Å². The van der Waals surface area contributed by atoms with Gasteiger partial charge in [0.1, 0.15) is 11.4 Å². The van der Waals surface area contributed by atoms with Crippen LogP contribution in [0.15, 0.2) is 42.6 Å². The van der Waals surface area contributed by atoms with Gasteiger partial charge < -0.3 is 15.4 Å². The molecule has 2 aromatic rings. The van der Waals surface area contributed by atoms with E-state index in [0.717, 1.165) is 0 Å². The van der Waals surface area contributed by atoms with Crippen LogP contribution in [0.25, 0.3) is 0 Å². The average Bonchev–Trinajstić information content (AvgIpc) is 2.93. The van der Waals surface area contributed by atoms with Crippen LogP contribution in [-0.2, 0) is 9.84 Å². The maximum Gasteiger partial charge on any atom is 0.274 e. The van der Waals surface area contributed by atoms with E-state index in [2.05, 4.69) is 15.6 Å². The zero-order valence-electron chi connectivity index (χ0n) is 13.7. The van der Waals surface area contributed by atoms with Gasteiger partial charge in [0.05, 0.1) is 18.6 Å². The van der Waals surface area contributed by atoms with Crippen molar-refractivity contribution >= 4 is 27.1 Å². The number of carbonyl (C=O) groups excluding carboxylic acids is 1. The van der Waals surface area contributed by atoms with Gasteiger partial charge in [-0.1, -0.05) is 6.07 Å². The Morgan fingerprint density at radius 1 is 1.24 bits per heavy atom. The Morgan fingerprint density at radius 2 is 2.08 bits per heavy atom. The van der Waals surface area contributed by atoms with E-state index in [1.165, 1.54) is 6.20 Å². The Bertz CT molecular complexity index is 883. The Morgan fingerprint density at radius 3 is 2.80 bits per heavy atom. The highest BCUT2D eigenvalue weighted by atomic mass is 32.2. The molecule has 0 radical (unpaired) electrons. The van der Waals surface area contributed by atoms with Crippen LogP contribution < -0.4 is 15.4 Å². The lowest BCUT2D eigenvalue weighted by atomic mass is 10.2. The van der Waals surface area contributed by atoms with Crippen molar-refractivity contribution in [3.8, 4) is 5.75 Å². The van der Waals surface area contributed by atoms with E-state index in [4.69, 9.17) is 4.74 Å². The minimum atomic E-state index is -2.96. The first-order chi connectivity index (χ1) is 11.9. The fraction of sp³-hybridized carbons (Fsp3) is 0.294. The van der Waals surface area contributed by atoms with Gasteiger partial charge in [0.2, 0.25) is 0 Å². The van der Waals surface area contributed by atoms with Gasteiger partial charge in [0.25, 0.3) is 5.91 Å². The molecule has 132 valence electrons. The van der Waals surface area contributed by atoms with Crippen molar-refractivity contribution in [1.82, 2.24) is 4.98 Å². The number of amides is 1. The third-order valence-electron chi connectivity index (χ3n) is 3.92. The molecule has 7 nitrogen and oxygen atoms in total. The first-order valence-electron chi connectivity index (χ1n) is 7.83. The normalized spacial score (nSPS) is 18.5. The number of ether oxygens (including phenoxy) is 1. The predicted octanol–water partition coefficient (Wildman–Crippen LogP) is 1.94. The molecule has 0 bridgehead atoms. The minimum Gasteiger partial charge on any atom is -0.497 e. The largest absolute Gasteiger partial charge is 0.497 e. The van der Waals surface area contributed by atoms with Crippen molar-refractivity contribution in [3.05, 3.63) is 48.3 Å². The number of pyridine rings is 1. The molecule has 0 spiro atoms. The summed E-state index contributed by atoms with van der Waals surface area (Å²) in [4.78, 5) is 16.4. The van der Waals surface area contributed by atoms with Gasteiger partial charge in [-0.2, -0.15) is 0 Å². The Hall–Kier alpha value is -2.61. The van der Waals surface area contributed by atoms with Crippen LogP contribution in [0.3, 0.4) is 0 Å². The van der Waals surface area contributed by atoms with Gasteiger partial charge in [-0.15, -0.1) is 0 Å². The summed E-state index contributed by atoms with van der Waals surface area (Å²) in [6.45, 7) is 0. The number of sulfone groups is 1. The third kappa shape index (κ3) is 4.48. The highest BCUT2D eigenvalue weighted by Crippen LogP contribution is 2.20. The Balaban J connectivity index is 1.69. The topological polar surface area (TPSA) is 97.4 Å². The molecule has 1 atom stereocenters. The monoisotopic (exact) mass is 361 g/mol. The lowest BCUT2D eigenvalue weighted by molar-refractivity contribution is 0.102. The smallest absolute Gasteiger partial charge is 0.274 e. The van der Waals surface area contributed by atoms with Crippen LogP contribution in [0.2, 0.25) is 0 Å². The SMILES string of the molecule is COc1cccc(NC(=O)c2cc(NC3CCS(=O)(=O)C3)ccn2)c1. The zero-order valence-corrected chi connectivity index (χ0v) is 14.5. The molecule has 2 N–H and O–H groups in total. The molecule has 8 heteroatoms. The quantitative estimate of drug-likeness (QED) is 0.845. The van der Waals surface area contributed by atoms with E-state index in [9.17, 15) is 13.2 Å². The molecular formula is C17H19N3O4S. The number of rotatable bonds is 5. The summed E-state index contributed by atoms with van der Waals surface area (Å²) in [5, 5.41) is 5.92. The first-order valence-corrected chi connectivity index (χ1v) is 9.66. The fourth-order valence-corrected chi connectivity index (χ4v) is 4.36. The molecule has 1 aromatic heterocycles. The molecule has 1 aliphatic heterocycles. The van der Waals surface area contributed by atoms with E-state index in [1.54, 1.807) is 43.5 Å². The van der Waals surface area contributed by atoms with Crippen LogP contribution in [0.1, 0.15) is 16.9 Å². The molecule has 1 unspecified atom stereocenters. The van der Waals surface area contributed by atoms with E-state index in [-0.39, 0.29) is 29.1 Å². The molecule has 1 aromatic carbocycles. The maximum absolute atomic E-state index is 12.4. The zero-order chi connectivity index (χ0) is 17.9. The number of carbonyl (C=O) groups is 1. The van der Waals surface area contributed by atoms with Crippen molar-refractivity contribution in [2.24, 2.45) is 0 Å². The second-order valence-electron chi connectivity index (χ2n) is 5.86. The maximum atomic E-state index is 12.4. The van der Waals surface area contributed by atoms with Crippen LogP contribution in [0.5, 0.6) is 5.75 Å². The van der Waals surface area contributed by atoms with Crippen molar-refractivity contribution in [3.63, 3.8) is 0 Å². The summed E-state index contributed by atoms with van der Waals surface area (Å²) in [5.41, 5.74) is 1.52. The number of methoxy groups -OCH3 is 1. The molecule has 3 rings (SSSR count). The van der Waals surface area contributed by atoms with Gasteiger partial charge in [0, 0.05) is 29.7 Å². The highest BCUT2D eigenvalue weighted by molar-refractivity contribution is 7.91. The van der Waals surface area contributed by atoms with E-state index in [0.29, 0.717) is 23.5 Å². The van der Waals surface area contributed by atoms with Crippen molar-refractivity contribution < 1.29 is 17.9 Å². The predicted molar refractivity (Wildman–Crippen MR) is 95.9 cm³/mol. The van der Waals surface area contributed by atoms with Gasteiger partial charge in [-0.25, -0.2) is 8.42 Å². The second-order valence-corrected chi connectivity index (χ2v) is 8.09. The molecule has 2 heterocycles. The van der Waals surface area contributed by atoms with Gasteiger partial charge >= 0.3 is 0 Å². The Kier molecular flexibility index (Phi) is 4.89. The highest BCUT2D eigenvalue weighted by Gasteiger charge is 2.27. The van der Waals surface area contributed by atoms with Crippen molar-refractivity contribution in [2.75, 3.05) is 29.2 Å². The number of hydrogen-bond acceptors (Lipinski definition) is 6. The number of benzene rings is 1. The molecule has 1 amide bonds. The summed E-state index contributed by atoms with van der Waals surface area (Å²) in [6, 6.07) is 10.2. The molecule has 0 saturated carbocycles. The lowest BCUT2D eigenvalue weighted by Crippen LogP contribution is -2.21. The van der Waals surface area contributed by atoms with Gasteiger partial charge in [0.15, 0.2) is 9.84 Å². The van der Waals surface area contributed by atoms with Crippen molar-refractivity contribution in [2.45, 2.75) is 12.5 Å². The molecule has 0 aliphatic carbocycles. The minimum absolute atomic E-state index is 0.112. The van der Waals surface area contributed by atoms with Crippen molar-refractivity contribution in [1.29, 1.82) is 0 Å². The number of nitrogens with one attached hydrogen (secondary N) is 2. The fourth-order valence-electron chi connectivity index (χ4n) is 2.68. The number of hydrogen-bond donors (Lipinski definition) is 2. The molecule has 25 heavy (non-hydrogen) atoms. The van der Waals surface area contributed by atoms with Crippen LogP contribution in [0.4, 0.5) is 11.4 Å². The summed E-state index contributed by atoms with van der Waals surface area (Å²) >= 11 is 0. The molecule has 1 aliphatic rings. The standard InChI is InChI=1S/C17H19N3O4S/c1-24-15-4-2-3-12(9-15)20-17(21)16-10-13(5-7-18-16)19-14-6-8-25(22,23)11-14/h2-5,7,9-10,14H,6,8,11H2,1H3,(H,18,19)(H,20,21). The first kappa shape index (κ1) is 17.2. The van der Waals surface area contributed by atoms with Crippen LogP contribution in [0, 0.1) is 0 Å². The number of nitrogens with zero attached hydrogens (tertiary/aromatic N) is 1. The van der Waals surface area contributed by atoms with E-state index < -0.39 is 9.84 Å².